The van der Waals surface area contributed by atoms with E-state index in [-0.39, 0.29) is 12.4 Å². The molecule has 0 aliphatic heterocycles. The Hall–Kier alpha value is -2.26. The maximum absolute atomic E-state index is 5.19. The molecular formula is C18H18ClN2O-. The number of ether oxygens (including phenoxy) is 1. The van der Waals surface area contributed by atoms with Gasteiger partial charge in [0.25, 0.3) is 0 Å². The van der Waals surface area contributed by atoms with Gasteiger partial charge in [-0.25, -0.2) is 0 Å². The number of nitrogens with one attached hydrogen (secondary N) is 1. The van der Waals surface area contributed by atoms with E-state index in [0.717, 1.165) is 33.7 Å². The van der Waals surface area contributed by atoms with Crippen LogP contribution in [0.2, 0.25) is 0 Å². The number of rotatable bonds is 3. The highest BCUT2D eigenvalue weighted by atomic mass is 35.5. The number of pyridine rings is 1. The van der Waals surface area contributed by atoms with Gasteiger partial charge in [-0.3, -0.25) is 4.98 Å². The summed E-state index contributed by atoms with van der Waals surface area (Å²) in [5.41, 5.74) is 5.35. The summed E-state index contributed by atoms with van der Waals surface area (Å²) >= 11 is 0. The highest BCUT2D eigenvalue weighted by Crippen LogP contribution is 2.28. The Balaban J connectivity index is 0.00000176. The van der Waals surface area contributed by atoms with E-state index in [1.807, 2.05) is 31.2 Å². The van der Waals surface area contributed by atoms with Crippen molar-refractivity contribution in [2.75, 3.05) is 12.4 Å². The van der Waals surface area contributed by atoms with Crippen LogP contribution in [0.1, 0.15) is 11.3 Å². The van der Waals surface area contributed by atoms with E-state index >= 15 is 0 Å². The number of hydrogen-bond acceptors (Lipinski definition) is 3. The normalized spacial score (nSPS) is 10.1. The minimum atomic E-state index is 0. The quantitative estimate of drug-likeness (QED) is 0.798. The topological polar surface area (TPSA) is 34.1 Å². The predicted molar refractivity (Wildman–Crippen MR) is 87.5 cm³/mol. The van der Waals surface area contributed by atoms with Crippen molar-refractivity contribution in [2.45, 2.75) is 13.8 Å². The highest BCUT2D eigenvalue weighted by molar-refractivity contribution is 5.93. The van der Waals surface area contributed by atoms with Crippen molar-refractivity contribution in [1.82, 2.24) is 4.98 Å². The molecule has 2 aromatic carbocycles. The SMILES string of the molecule is COc1ccc(Nc2cc(C)nc3ccc(C)cc23)cc1.[Cl-]. The third-order valence-corrected chi connectivity index (χ3v) is 3.46. The first kappa shape index (κ1) is 16.1. The van der Waals surface area contributed by atoms with Crippen molar-refractivity contribution in [2.24, 2.45) is 0 Å². The molecule has 0 aliphatic carbocycles. The van der Waals surface area contributed by atoms with Crippen molar-refractivity contribution >= 4 is 22.3 Å². The molecule has 4 heteroatoms. The van der Waals surface area contributed by atoms with E-state index in [0.29, 0.717) is 0 Å². The van der Waals surface area contributed by atoms with Gasteiger partial charge in [-0.2, -0.15) is 0 Å². The molecule has 0 saturated carbocycles. The van der Waals surface area contributed by atoms with Gasteiger partial charge in [0.15, 0.2) is 0 Å². The second-order valence-electron chi connectivity index (χ2n) is 5.19. The molecule has 0 saturated heterocycles. The van der Waals surface area contributed by atoms with Crippen molar-refractivity contribution < 1.29 is 17.1 Å². The van der Waals surface area contributed by atoms with Crippen molar-refractivity contribution in [1.29, 1.82) is 0 Å². The first-order valence-electron chi connectivity index (χ1n) is 6.95. The summed E-state index contributed by atoms with van der Waals surface area (Å²) in [5.74, 6) is 0.854. The number of nitrogens with zero attached hydrogens (tertiary/aromatic N) is 1. The molecule has 1 N–H and O–H groups in total. The van der Waals surface area contributed by atoms with E-state index in [2.05, 4.69) is 41.5 Å². The maximum Gasteiger partial charge on any atom is 0.119 e. The molecule has 0 aliphatic rings. The number of methoxy groups -OCH3 is 1. The summed E-state index contributed by atoms with van der Waals surface area (Å²) in [7, 11) is 1.67. The van der Waals surface area contributed by atoms with Crippen LogP contribution < -0.4 is 22.5 Å². The average molecular weight is 314 g/mol. The monoisotopic (exact) mass is 313 g/mol. The smallest absolute Gasteiger partial charge is 0.119 e. The van der Waals surface area contributed by atoms with Crippen LogP contribution in [-0.4, -0.2) is 12.1 Å². The first-order valence-corrected chi connectivity index (χ1v) is 6.95. The zero-order chi connectivity index (χ0) is 14.8. The molecule has 0 fully saturated rings. The van der Waals surface area contributed by atoms with Gasteiger partial charge in [-0.1, -0.05) is 11.6 Å². The standard InChI is InChI=1S/C18H18N2O.ClH/c1-12-4-9-17-16(10-12)18(11-13(2)19-17)20-14-5-7-15(21-3)8-6-14;/h4-11H,1-3H3,(H,19,20);1H/p-1. The van der Waals surface area contributed by atoms with Crippen LogP contribution in [0.3, 0.4) is 0 Å². The van der Waals surface area contributed by atoms with Crippen molar-refractivity contribution in [3.63, 3.8) is 0 Å². The molecule has 1 heterocycles. The fourth-order valence-corrected chi connectivity index (χ4v) is 2.41. The molecule has 0 spiro atoms. The number of aromatic nitrogens is 1. The van der Waals surface area contributed by atoms with Crippen LogP contribution in [0.4, 0.5) is 11.4 Å². The fraction of sp³-hybridized carbons (Fsp3) is 0.167. The van der Waals surface area contributed by atoms with Crippen LogP contribution in [0.5, 0.6) is 5.75 Å². The largest absolute Gasteiger partial charge is 1.00 e. The lowest BCUT2D eigenvalue weighted by atomic mass is 10.1. The highest BCUT2D eigenvalue weighted by Gasteiger charge is 2.05. The molecule has 0 radical (unpaired) electrons. The Bertz CT molecular complexity index is 785. The van der Waals surface area contributed by atoms with E-state index in [1.165, 1.54) is 5.56 Å². The first-order chi connectivity index (χ1) is 10.2. The molecule has 0 bridgehead atoms. The third kappa shape index (κ3) is 3.31. The van der Waals surface area contributed by atoms with Crippen LogP contribution in [0, 0.1) is 13.8 Å². The lowest BCUT2D eigenvalue weighted by Crippen LogP contribution is -3.00. The number of fused-ring (bicyclic) bond motifs is 1. The average Bonchev–Trinajstić information content (AvgIpc) is 2.49. The number of benzene rings is 2. The lowest BCUT2D eigenvalue weighted by Gasteiger charge is -2.12. The van der Waals surface area contributed by atoms with Crippen LogP contribution in [0.15, 0.2) is 48.5 Å². The van der Waals surface area contributed by atoms with Crippen LogP contribution >= 0.6 is 0 Å². The molecular weight excluding hydrogens is 296 g/mol. The van der Waals surface area contributed by atoms with Crippen molar-refractivity contribution in [3.8, 4) is 5.75 Å². The zero-order valence-corrected chi connectivity index (χ0v) is 13.6. The summed E-state index contributed by atoms with van der Waals surface area (Å²) in [4.78, 5) is 4.59. The fourth-order valence-electron chi connectivity index (χ4n) is 2.41. The number of anilines is 2. The zero-order valence-electron chi connectivity index (χ0n) is 12.9. The van der Waals surface area contributed by atoms with Gasteiger partial charge < -0.3 is 22.5 Å². The summed E-state index contributed by atoms with van der Waals surface area (Å²) in [6.07, 6.45) is 0. The molecule has 0 atom stereocenters. The Morgan fingerprint density at radius 3 is 2.36 bits per heavy atom. The Labute approximate surface area is 136 Å². The molecule has 0 amide bonds. The summed E-state index contributed by atoms with van der Waals surface area (Å²) < 4.78 is 5.19. The minimum Gasteiger partial charge on any atom is -1.00 e. The third-order valence-electron chi connectivity index (χ3n) is 3.46. The lowest BCUT2D eigenvalue weighted by molar-refractivity contribution is -0.00000471. The van der Waals surface area contributed by atoms with Crippen molar-refractivity contribution in [3.05, 3.63) is 59.8 Å². The van der Waals surface area contributed by atoms with E-state index < -0.39 is 0 Å². The minimum absolute atomic E-state index is 0. The van der Waals surface area contributed by atoms with Crippen LogP contribution in [-0.2, 0) is 0 Å². The summed E-state index contributed by atoms with van der Waals surface area (Å²) in [6.45, 7) is 4.11. The molecule has 3 nitrogen and oxygen atoms in total. The van der Waals surface area contributed by atoms with E-state index in [4.69, 9.17) is 4.74 Å². The van der Waals surface area contributed by atoms with Gasteiger partial charge in [0, 0.05) is 22.5 Å². The second-order valence-corrected chi connectivity index (χ2v) is 5.19. The van der Waals surface area contributed by atoms with Gasteiger partial charge >= 0.3 is 0 Å². The second kappa shape index (κ2) is 6.67. The number of halogens is 1. The molecule has 22 heavy (non-hydrogen) atoms. The Morgan fingerprint density at radius 2 is 1.68 bits per heavy atom. The Morgan fingerprint density at radius 1 is 0.955 bits per heavy atom. The van der Waals surface area contributed by atoms with Gasteiger partial charge in [0.2, 0.25) is 0 Å². The number of hydrogen-bond donors (Lipinski definition) is 1. The Kier molecular flexibility index (Phi) is 4.88. The maximum atomic E-state index is 5.19. The van der Waals surface area contributed by atoms with Gasteiger partial charge in [0.05, 0.1) is 12.6 Å². The predicted octanol–water partition coefficient (Wildman–Crippen LogP) is 1.61. The van der Waals surface area contributed by atoms with Gasteiger partial charge in [-0.05, 0) is 56.3 Å². The molecule has 3 rings (SSSR count). The van der Waals surface area contributed by atoms with E-state index in [1.54, 1.807) is 7.11 Å². The van der Waals surface area contributed by atoms with Gasteiger partial charge in [0.1, 0.15) is 5.75 Å². The molecule has 1 aromatic heterocycles. The molecule has 3 aromatic rings. The number of aryl methyl sites for hydroxylation is 2. The van der Waals surface area contributed by atoms with Crippen LogP contribution in [0.25, 0.3) is 10.9 Å². The molecule has 0 unspecified atom stereocenters. The van der Waals surface area contributed by atoms with E-state index in [9.17, 15) is 0 Å². The molecule has 114 valence electrons. The summed E-state index contributed by atoms with van der Waals surface area (Å²) in [6, 6.07) is 16.3. The van der Waals surface area contributed by atoms with Gasteiger partial charge in [-0.15, -0.1) is 0 Å². The summed E-state index contributed by atoms with van der Waals surface area (Å²) in [5, 5.41) is 4.61.